The van der Waals surface area contributed by atoms with Crippen molar-refractivity contribution in [3.8, 4) is 5.75 Å². The van der Waals surface area contributed by atoms with Gasteiger partial charge in [0.15, 0.2) is 0 Å². The van der Waals surface area contributed by atoms with E-state index in [0.717, 1.165) is 12.8 Å². The van der Waals surface area contributed by atoms with Gasteiger partial charge in [-0.1, -0.05) is 0 Å². The maximum atomic E-state index is 11.4. The summed E-state index contributed by atoms with van der Waals surface area (Å²) in [6, 6.07) is 1.23. The molecular formula is C11H16O5. The fourth-order valence-electron chi connectivity index (χ4n) is 1.16. The van der Waals surface area contributed by atoms with E-state index in [1.807, 2.05) is 0 Å². The third kappa shape index (κ3) is 4.04. The molecule has 1 heterocycles. The molecule has 1 aromatic heterocycles. The van der Waals surface area contributed by atoms with Gasteiger partial charge in [-0.2, -0.15) is 0 Å². The molecule has 0 saturated heterocycles. The van der Waals surface area contributed by atoms with Crippen LogP contribution in [0.3, 0.4) is 0 Å². The van der Waals surface area contributed by atoms with Crippen molar-refractivity contribution in [3.05, 3.63) is 28.3 Å². The van der Waals surface area contributed by atoms with Crippen LogP contribution < -0.4 is 10.2 Å². The Hall–Kier alpha value is -1.33. The van der Waals surface area contributed by atoms with E-state index in [9.17, 15) is 4.79 Å². The van der Waals surface area contributed by atoms with Crippen LogP contribution in [0, 0.1) is 0 Å². The van der Waals surface area contributed by atoms with Crippen LogP contribution in [-0.4, -0.2) is 25.4 Å². The van der Waals surface area contributed by atoms with Gasteiger partial charge >= 0.3 is 0 Å². The van der Waals surface area contributed by atoms with Gasteiger partial charge < -0.3 is 19.0 Å². The molecule has 0 amide bonds. The van der Waals surface area contributed by atoms with Gasteiger partial charge in [-0.15, -0.1) is 0 Å². The van der Waals surface area contributed by atoms with Crippen molar-refractivity contribution in [2.75, 3.05) is 20.3 Å². The molecule has 5 nitrogen and oxygen atoms in total. The van der Waals surface area contributed by atoms with Crippen molar-refractivity contribution < 1.29 is 19.0 Å². The van der Waals surface area contributed by atoms with Gasteiger partial charge in [0.1, 0.15) is 18.6 Å². The average Bonchev–Trinajstić information content (AvgIpc) is 2.30. The highest BCUT2D eigenvalue weighted by molar-refractivity contribution is 5.17. The van der Waals surface area contributed by atoms with Crippen LogP contribution in [0.1, 0.15) is 18.6 Å². The van der Waals surface area contributed by atoms with E-state index < -0.39 is 0 Å². The normalized spacial score (nSPS) is 10.4. The lowest BCUT2D eigenvalue weighted by atomic mass is 10.3. The third-order valence-corrected chi connectivity index (χ3v) is 2.01. The summed E-state index contributed by atoms with van der Waals surface area (Å²) in [5, 5.41) is 8.74. The number of unbranched alkanes of at least 4 members (excludes halogenated alkanes) is 1. The molecule has 1 rings (SSSR count). The predicted octanol–water partition coefficient (Wildman–Crippen LogP) is 0.937. The minimum absolute atomic E-state index is 0.176. The first-order chi connectivity index (χ1) is 7.77. The monoisotopic (exact) mass is 228 g/mol. The Morgan fingerprint density at radius 3 is 2.75 bits per heavy atom. The second kappa shape index (κ2) is 7.03. The van der Waals surface area contributed by atoms with E-state index in [1.165, 1.54) is 12.3 Å². The van der Waals surface area contributed by atoms with E-state index in [-0.39, 0.29) is 23.5 Å². The van der Waals surface area contributed by atoms with Crippen molar-refractivity contribution in [2.45, 2.75) is 19.4 Å². The number of rotatable bonds is 7. The van der Waals surface area contributed by atoms with Crippen LogP contribution in [0.4, 0.5) is 0 Å². The van der Waals surface area contributed by atoms with Crippen LogP contribution in [0.2, 0.25) is 0 Å². The summed E-state index contributed by atoms with van der Waals surface area (Å²) in [5.41, 5.74) is -0.276. The van der Waals surface area contributed by atoms with Gasteiger partial charge in [-0.3, -0.25) is 4.79 Å². The summed E-state index contributed by atoms with van der Waals surface area (Å²) in [4.78, 5) is 11.4. The van der Waals surface area contributed by atoms with Crippen molar-refractivity contribution in [1.29, 1.82) is 0 Å². The number of ether oxygens (including phenoxy) is 2. The Kier molecular flexibility index (Phi) is 5.60. The minimum Gasteiger partial charge on any atom is -0.487 e. The van der Waals surface area contributed by atoms with Gasteiger partial charge in [0, 0.05) is 19.8 Å². The van der Waals surface area contributed by atoms with Crippen LogP contribution in [-0.2, 0) is 11.3 Å². The van der Waals surface area contributed by atoms with E-state index >= 15 is 0 Å². The lowest BCUT2D eigenvalue weighted by Crippen LogP contribution is -2.09. The molecule has 1 N–H and O–H groups in total. The molecule has 0 unspecified atom stereocenters. The third-order valence-electron chi connectivity index (χ3n) is 2.01. The van der Waals surface area contributed by atoms with E-state index in [1.54, 1.807) is 7.11 Å². The number of aliphatic hydroxyl groups is 1. The van der Waals surface area contributed by atoms with Gasteiger partial charge in [-0.05, 0) is 12.8 Å². The average molecular weight is 228 g/mol. The molecule has 90 valence electrons. The lowest BCUT2D eigenvalue weighted by Gasteiger charge is -2.04. The number of methoxy groups -OCH3 is 1. The van der Waals surface area contributed by atoms with Crippen LogP contribution in [0.5, 0.6) is 5.75 Å². The second-order valence-electron chi connectivity index (χ2n) is 3.28. The van der Waals surface area contributed by atoms with Gasteiger partial charge in [-0.25, -0.2) is 0 Å². The Morgan fingerprint density at radius 2 is 2.12 bits per heavy atom. The van der Waals surface area contributed by atoms with Gasteiger partial charge in [0.2, 0.25) is 11.2 Å². The molecule has 0 atom stereocenters. The molecule has 0 aliphatic heterocycles. The number of aliphatic hydroxyl groups excluding tert-OH is 1. The Balaban J connectivity index is 2.39. The first kappa shape index (κ1) is 12.7. The first-order valence-corrected chi connectivity index (χ1v) is 5.12. The van der Waals surface area contributed by atoms with Crippen molar-refractivity contribution in [1.82, 2.24) is 0 Å². The fraction of sp³-hybridized carbons (Fsp3) is 0.545. The maximum Gasteiger partial charge on any atom is 0.227 e. The fourth-order valence-corrected chi connectivity index (χ4v) is 1.16. The van der Waals surface area contributed by atoms with Gasteiger partial charge in [0.05, 0.1) is 6.61 Å². The summed E-state index contributed by atoms with van der Waals surface area (Å²) in [5.74, 6) is 0.409. The maximum absolute atomic E-state index is 11.4. The Morgan fingerprint density at radius 1 is 1.38 bits per heavy atom. The standard InChI is InChI=1S/C11H16O5/c1-14-4-2-3-5-15-11-8-16-9(7-12)6-10(11)13/h6,8,12H,2-5,7H2,1H3. The summed E-state index contributed by atoms with van der Waals surface area (Å²) in [7, 11) is 1.64. The summed E-state index contributed by atoms with van der Waals surface area (Å²) in [6.45, 7) is 0.845. The zero-order valence-corrected chi connectivity index (χ0v) is 9.27. The van der Waals surface area contributed by atoms with Crippen molar-refractivity contribution in [2.24, 2.45) is 0 Å². The molecule has 0 saturated carbocycles. The number of hydrogen-bond donors (Lipinski definition) is 1. The van der Waals surface area contributed by atoms with Crippen LogP contribution >= 0.6 is 0 Å². The Labute approximate surface area is 93.6 Å². The highest BCUT2D eigenvalue weighted by atomic mass is 16.5. The zero-order chi connectivity index (χ0) is 11.8. The van der Waals surface area contributed by atoms with E-state index in [0.29, 0.717) is 13.2 Å². The smallest absolute Gasteiger partial charge is 0.227 e. The Bertz CT molecular complexity index is 358. The first-order valence-electron chi connectivity index (χ1n) is 5.12. The zero-order valence-electron chi connectivity index (χ0n) is 9.27. The molecule has 0 fully saturated rings. The van der Waals surface area contributed by atoms with E-state index in [2.05, 4.69) is 0 Å². The van der Waals surface area contributed by atoms with Crippen molar-refractivity contribution >= 4 is 0 Å². The largest absolute Gasteiger partial charge is 0.487 e. The SMILES string of the molecule is COCCCCOc1coc(CO)cc1=O. The molecule has 0 aliphatic rings. The summed E-state index contributed by atoms with van der Waals surface area (Å²) in [6.07, 6.45) is 2.93. The highest BCUT2D eigenvalue weighted by Gasteiger charge is 2.03. The predicted molar refractivity (Wildman–Crippen MR) is 57.5 cm³/mol. The molecule has 16 heavy (non-hydrogen) atoms. The molecule has 0 radical (unpaired) electrons. The topological polar surface area (TPSA) is 68.9 Å². The molecule has 0 spiro atoms. The highest BCUT2D eigenvalue weighted by Crippen LogP contribution is 2.06. The molecular weight excluding hydrogens is 212 g/mol. The van der Waals surface area contributed by atoms with Gasteiger partial charge in [0.25, 0.3) is 0 Å². The van der Waals surface area contributed by atoms with Crippen molar-refractivity contribution in [3.63, 3.8) is 0 Å². The summed E-state index contributed by atoms with van der Waals surface area (Å²) < 4.78 is 15.1. The lowest BCUT2D eigenvalue weighted by molar-refractivity contribution is 0.183. The van der Waals surface area contributed by atoms with Crippen LogP contribution in [0.15, 0.2) is 21.5 Å². The van der Waals surface area contributed by atoms with E-state index in [4.69, 9.17) is 19.0 Å². The minimum atomic E-state index is -0.288. The summed E-state index contributed by atoms with van der Waals surface area (Å²) >= 11 is 0. The quantitative estimate of drug-likeness (QED) is 0.703. The molecule has 0 bridgehead atoms. The molecule has 0 aliphatic carbocycles. The second-order valence-corrected chi connectivity index (χ2v) is 3.28. The number of hydrogen-bond acceptors (Lipinski definition) is 5. The molecule has 1 aromatic rings. The molecule has 5 heteroatoms. The molecule has 0 aromatic carbocycles. The van der Waals surface area contributed by atoms with Crippen LogP contribution in [0.25, 0.3) is 0 Å².